The van der Waals surface area contributed by atoms with Crippen molar-refractivity contribution < 1.29 is 0 Å². The van der Waals surface area contributed by atoms with Crippen molar-refractivity contribution in [2.75, 3.05) is 0 Å². The summed E-state index contributed by atoms with van der Waals surface area (Å²) < 4.78 is 1.29. The summed E-state index contributed by atoms with van der Waals surface area (Å²) in [5.41, 5.74) is 0.638. The van der Waals surface area contributed by atoms with Crippen LogP contribution in [0, 0.1) is 0 Å². The van der Waals surface area contributed by atoms with E-state index in [-0.39, 0.29) is 5.56 Å². The smallest absolute Gasteiger partial charge is 0.268 e. The number of benzene rings is 1. The summed E-state index contributed by atoms with van der Waals surface area (Å²) in [4.78, 5) is 15.5. The van der Waals surface area contributed by atoms with E-state index in [0.29, 0.717) is 5.39 Å². The molecule has 2 rings (SSSR count). The van der Waals surface area contributed by atoms with Crippen LogP contribution >= 0.6 is 16.1 Å². The van der Waals surface area contributed by atoms with E-state index in [2.05, 4.69) is 21.1 Å². The average molecular weight is 225 g/mol. The Morgan fingerprint density at radius 2 is 2.08 bits per heavy atom. The van der Waals surface area contributed by atoms with Crippen LogP contribution in [0.5, 0.6) is 0 Å². The second kappa shape index (κ2) is 2.71. The third kappa shape index (κ3) is 1.04. The van der Waals surface area contributed by atoms with Crippen LogP contribution in [-0.4, -0.2) is 8.58 Å². The average Bonchev–Trinajstić information content (AvgIpc) is 2.12. The van der Waals surface area contributed by atoms with Gasteiger partial charge in [-0.3, -0.25) is 4.79 Å². The third-order valence-electron chi connectivity index (χ3n) is 1.63. The Morgan fingerprint density at radius 3 is 2.92 bits per heavy atom. The Bertz CT molecular complexity index is 478. The van der Waals surface area contributed by atoms with Gasteiger partial charge >= 0.3 is 0 Å². The van der Waals surface area contributed by atoms with Gasteiger partial charge in [0.25, 0.3) is 5.56 Å². The number of hydrogen-bond donors (Lipinski definition) is 0. The van der Waals surface area contributed by atoms with Crippen LogP contribution in [0.15, 0.2) is 35.4 Å². The molecule has 0 amide bonds. The van der Waals surface area contributed by atoms with E-state index in [1.165, 1.54) is 9.92 Å². The maximum absolute atomic E-state index is 11.4. The van der Waals surface area contributed by atoms with Gasteiger partial charge in [0.1, 0.15) is 6.33 Å². The molecule has 0 spiro atoms. The zero-order valence-electron chi connectivity index (χ0n) is 6.07. The first-order valence-corrected chi connectivity index (χ1v) is 4.12. The molecule has 60 valence electrons. The lowest BCUT2D eigenvalue weighted by Crippen LogP contribution is -2.12. The molecule has 1 heterocycles. The summed E-state index contributed by atoms with van der Waals surface area (Å²) >= 11 is 3.06. The normalized spacial score (nSPS) is 10.4. The van der Waals surface area contributed by atoms with Gasteiger partial charge in [-0.2, -0.15) is 0 Å². The molecule has 0 N–H and O–H groups in total. The first-order chi connectivity index (χ1) is 5.79. The molecule has 0 fully saturated rings. The van der Waals surface area contributed by atoms with Crippen LogP contribution in [-0.2, 0) is 0 Å². The van der Waals surface area contributed by atoms with Crippen LogP contribution in [0.1, 0.15) is 0 Å². The highest BCUT2D eigenvalue weighted by Crippen LogP contribution is 2.04. The van der Waals surface area contributed by atoms with Gasteiger partial charge in [-0.25, -0.2) is 8.58 Å². The van der Waals surface area contributed by atoms with Crippen molar-refractivity contribution >= 4 is 27.1 Å². The molecule has 2 aromatic rings. The Balaban J connectivity index is 3.01. The van der Waals surface area contributed by atoms with E-state index >= 15 is 0 Å². The van der Waals surface area contributed by atoms with Crippen LogP contribution in [0.4, 0.5) is 0 Å². The Labute approximate surface area is 77.0 Å². The monoisotopic (exact) mass is 224 g/mol. The highest BCUT2D eigenvalue weighted by molar-refractivity contribution is 9.08. The molecule has 1 aromatic carbocycles. The molecule has 3 nitrogen and oxygen atoms in total. The second-order valence-electron chi connectivity index (χ2n) is 2.38. The van der Waals surface area contributed by atoms with Crippen molar-refractivity contribution in [3.05, 3.63) is 40.9 Å². The Morgan fingerprint density at radius 1 is 1.33 bits per heavy atom. The maximum Gasteiger partial charge on any atom is 0.271 e. The molecule has 0 aliphatic rings. The molecule has 0 aliphatic carbocycles. The lowest BCUT2D eigenvalue weighted by molar-refractivity contribution is 1.12. The van der Waals surface area contributed by atoms with Crippen molar-refractivity contribution in [3.8, 4) is 0 Å². The van der Waals surface area contributed by atoms with Crippen LogP contribution in [0.3, 0.4) is 0 Å². The number of fused-ring (bicyclic) bond motifs is 1. The molecule has 0 radical (unpaired) electrons. The van der Waals surface area contributed by atoms with Crippen LogP contribution in [0.2, 0.25) is 0 Å². The van der Waals surface area contributed by atoms with E-state index in [9.17, 15) is 4.79 Å². The minimum atomic E-state index is -0.0828. The molecule has 1 aromatic heterocycles. The fourth-order valence-corrected chi connectivity index (χ4v) is 1.33. The zero-order chi connectivity index (χ0) is 8.55. The van der Waals surface area contributed by atoms with Crippen LogP contribution in [0.25, 0.3) is 10.9 Å². The van der Waals surface area contributed by atoms with Crippen molar-refractivity contribution in [2.45, 2.75) is 0 Å². The van der Waals surface area contributed by atoms with Gasteiger partial charge < -0.3 is 0 Å². The SMILES string of the molecule is O=c1c2ccccc2ncn1Br. The van der Waals surface area contributed by atoms with Crippen molar-refractivity contribution in [3.63, 3.8) is 0 Å². The minimum Gasteiger partial charge on any atom is -0.268 e. The lowest BCUT2D eigenvalue weighted by Gasteiger charge is -1.96. The number of hydrogen-bond acceptors (Lipinski definition) is 2. The highest BCUT2D eigenvalue weighted by atomic mass is 79.9. The largest absolute Gasteiger partial charge is 0.271 e. The van der Waals surface area contributed by atoms with Crippen molar-refractivity contribution in [2.24, 2.45) is 0 Å². The topological polar surface area (TPSA) is 34.9 Å². The fourth-order valence-electron chi connectivity index (χ4n) is 1.05. The molecule has 0 unspecified atom stereocenters. The van der Waals surface area contributed by atoms with Crippen molar-refractivity contribution in [1.29, 1.82) is 0 Å². The lowest BCUT2D eigenvalue weighted by atomic mass is 10.2. The molecule has 0 aliphatic heterocycles. The summed E-state index contributed by atoms with van der Waals surface area (Å²) in [6.45, 7) is 0. The van der Waals surface area contributed by atoms with E-state index < -0.39 is 0 Å². The summed E-state index contributed by atoms with van der Waals surface area (Å²) in [7, 11) is 0. The zero-order valence-corrected chi connectivity index (χ0v) is 7.65. The molecule has 0 atom stereocenters. The summed E-state index contributed by atoms with van der Waals surface area (Å²) in [6.07, 6.45) is 1.45. The van der Waals surface area contributed by atoms with Gasteiger partial charge in [-0.05, 0) is 12.1 Å². The summed E-state index contributed by atoms with van der Waals surface area (Å²) in [5.74, 6) is 0. The van der Waals surface area contributed by atoms with Gasteiger partial charge in [-0.1, -0.05) is 12.1 Å². The van der Waals surface area contributed by atoms with E-state index in [1.807, 2.05) is 18.2 Å². The highest BCUT2D eigenvalue weighted by Gasteiger charge is 1.99. The second-order valence-corrected chi connectivity index (χ2v) is 3.14. The predicted molar refractivity (Wildman–Crippen MR) is 50.3 cm³/mol. The fraction of sp³-hybridized carbons (Fsp3) is 0. The molecule has 4 heteroatoms. The number of halogens is 1. The summed E-state index contributed by atoms with van der Waals surface area (Å²) in [5, 5.41) is 0.622. The Hall–Kier alpha value is -1.16. The molecular formula is C8H5BrN2O. The third-order valence-corrected chi connectivity index (χ3v) is 2.13. The summed E-state index contributed by atoms with van der Waals surface area (Å²) in [6, 6.07) is 7.23. The standard InChI is InChI=1S/C8H5BrN2O/c9-11-5-10-7-4-2-1-3-6(7)8(11)12/h1-5H. The van der Waals surface area contributed by atoms with E-state index in [1.54, 1.807) is 6.07 Å². The first kappa shape index (κ1) is 7.49. The van der Waals surface area contributed by atoms with Gasteiger partial charge in [0.15, 0.2) is 0 Å². The van der Waals surface area contributed by atoms with E-state index in [4.69, 9.17) is 0 Å². The Kier molecular flexibility index (Phi) is 1.69. The first-order valence-electron chi connectivity index (χ1n) is 3.41. The number of aromatic nitrogens is 2. The van der Waals surface area contributed by atoms with Gasteiger partial charge in [0.05, 0.1) is 27.1 Å². The minimum absolute atomic E-state index is 0.0828. The predicted octanol–water partition coefficient (Wildman–Crippen LogP) is 1.55. The van der Waals surface area contributed by atoms with Crippen LogP contribution < -0.4 is 5.56 Å². The molecular weight excluding hydrogens is 220 g/mol. The number of rotatable bonds is 0. The molecule has 0 bridgehead atoms. The van der Waals surface area contributed by atoms with Crippen molar-refractivity contribution in [1.82, 2.24) is 8.58 Å². The molecule has 0 saturated carbocycles. The van der Waals surface area contributed by atoms with Gasteiger partial charge in [-0.15, -0.1) is 0 Å². The maximum atomic E-state index is 11.4. The number of nitrogens with zero attached hydrogens (tertiary/aromatic N) is 2. The van der Waals surface area contributed by atoms with E-state index in [0.717, 1.165) is 5.52 Å². The van der Waals surface area contributed by atoms with Gasteiger partial charge in [0, 0.05) is 0 Å². The number of para-hydroxylation sites is 1. The van der Waals surface area contributed by atoms with Gasteiger partial charge in [0.2, 0.25) is 0 Å². The molecule has 0 saturated heterocycles. The quantitative estimate of drug-likeness (QED) is 0.681. The molecule has 12 heavy (non-hydrogen) atoms.